The summed E-state index contributed by atoms with van der Waals surface area (Å²) in [5, 5.41) is 11.3. The fraction of sp³-hybridized carbons (Fsp3) is 0.385. The predicted molar refractivity (Wildman–Crippen MR) is 75.8 cm³/mol. The molecule has 106 valence electrons. The summed E-state index contributed by atoms with van der Waals surface area (Å²) < 4.78 is 20.7. The number of unbranched alkanes of at least 4 members (excludes halogenated alkanes) is 1. The predicted octanol–water partition coefficient (Wildman–Crippen LogP) is 1.20. The smallest absolute Gasteiger partial charge is 0.347 e. The highest BCUT2D eigenvalue weighted by Gasteiger charge is 2.10. The van der Waals surface area contributed by atoms with Gasteiger partial charge in [0.05, 0.1) is 0 Å². The van der Waals surface area contributed by atoms with E-state index < -0.39 is 21.1 Å². The molecule has 0 fully saturated rings. The lowest BCUT2D eigenvalue weighted by atomic mass is 10.2. The zero-order valence-corrected chi connectivity index (χ0v) is 11.7. The third-order valence-corrected chi connectivity index (χ3v) is 2.97. The van der Waals surface area contributed by atoms with Crippen LogP contribution >= 0.6 is 0 Å². The number of benzene rings is 1. The SMILES string of the molecule is CNCCCCC(C(=O)O)=S(=O)=O.c1ccccc1. The molecule has 1 aromatic rings. The van der Waals surface area contributed by atoms with E-state index in [2.05, 4.69) is 5.32 Å². The van der Waals surface area contributed by atoms with Crippen LogP contribution < -0.4 is 5.32 Å². The Kier molecular flexibility index (Phi) is 10.4. The molecule has 0 heterocycles. The molecule has 6 heteroatoms. The molecule has 0 amide bonds. The molecule has 1 aromatic carbocycles. The van der Waals surface area contributed by atoms with Gasteiger partial charge in [0.25, 0.3) is 0 Å². The van der Waals surface area contributed by atoms with Gasteiger partial charge in [0, 0.05) is 0 Å². The van der Waals surface area contributed by atoms with Gasteiger partial charge in [0.2, 0.25) is 10.3 Å². The molecular weight excluding hydrogens is 266 g/mol. The zero-order chi connectivity index (χ0) is 14.5. The van der Waals surface area contributed by atoms with Crippen LogP contribution in [0.2, 0.25) is 0 Å². The molecule has 0 aliphatic heterocycles. The van der Waals surface area contributed by atoms with E-state index in [9.17, 15) is 13.2 Å². The van der Waals surface area contributed by atoms with Crippen molar-refractivity contribution < 1.29 is 18.3 Å². The quantitative estimate of drug-likeness (QED) is 0.606. The molecular formula is C13H19NO4S. The van der Waals surface area contributed by atoms with Crippen LogP contribution in [0, 0.1) is 0 Å². The number of hydrogen-bond donors (Lipinski definition) is 2. The van der Waals surface area contributed by atoms with Crippen LogP contribution in [0.15, 0.2) is 36.4 Å². The Morgan fingerprint density at radius 2 is 1.53 bits per heavy atom. The van der Waals surface area contributed by atoms with Crippen LogP contribution in [0.3, 0.4) is 0 Å². The van der Waals surface area contributed by atoms with Gasteiger partial charge in [0.15, 0.2) is 4.86 Å². The van der Waals surface area contributed by atoms with E-state index in [0.717, 1.165) is 13.0 Å². The average Bonchev–Trinajstić information content (AvgIpc) is 2.40. The highest BCUT2D eigenvalue weighted by Crippen LogP contribution is 1.96. The van der Waals surface area contributed by atoms with Crippen molar-refractivity contribution in [3.8, 4) is 0 Å². The minimum absolute atomic E-state index is 0.104. The van der Waals surface area contributed by atoms with E-state index in [4.69, 9.17) is 5.11 Å². The first kappa shape index (κ1) is 17.3. The summed E-state index contributed by atoms with van der Waals surface area (Å²) >= 11 is 0. The van der Waals surface area contributed by atoms with E-state index in [-0.39, 0.29) is 6.42 Å². The van der Waals surface area contributed by atoms with E-state index in [1.807, 2.05) is 36.4 Å². The van der Waals surface area contributed by atoms with E-state index in [1.54, 1.807) is 7.05 Å². The Labute approximate surface area is 114 Å². The fourth-order valence-electron chi connectivity index (χ4n) is 1.23. The van der Waals surface area contributed by atoms with E-state index in [1.165, 1.54) is 0 Å². The monoisotopic (exact) mass is 285 g/mol. The van der Waals surface area contributed by atoms with Gasteiger partial charge in [-0.25, -0.2) is 4.79 Å². The third kappa shape index (κ3) is 9.99. The first-order valence-corrected chi connectivity index (χ1v) is 7.00. The number of hydrogen-bond acceptors (Lipinski definition) is 4. The van der Waals surface area contributed by atoms with Gasteiger partial charge in [-0.3, -0.25) is 0 Å². The van der Waals surface area contributed by atoms with Gasteiger partial charge in [-0.1, -0.05) is 36.4 Å². The Morgan fingerprint density at radius 1 is 1.05 bits per heavy atom. The second kappa shape index (κ2) is 11.4. The second-order valence-electron chi connectivity index (χ2n) is 3.68. The number of carboxylic acid groups (broad SMARTS) is 1. The standard InChI is InChI=1S/C7H13NO4S.C6H6/c1-8-5-3-2-4-6(7(9)10)13(11)12;1-2-4-6-5-3-1/h8H,2-5H2,1H3,(H,9,10);1-6H. The molecule has 0 aliphatic carbocycles. The van der Waals surface area contributed by atoms with Crippen LogP contribution in [0.1, 0.15) is 19.3 Å². The van der Waals surface area contributed by atoms with Crippen molar-refractivity contribution in [1.82, 2.24) is 5.32 Å². The molecule has 1 rings (SSSR count). The maximum absolute atomic E-state index is 10.4. The van der Waals surface area contributed by atoms with Crippen LogP contribution in [0.5, 0.6) is 0 Å². The number of aliphatic carboxylic acids is 1. The van der Waals surface area contributed by atoms with Crippen molar-refractivity contribution in [2.24, 2.45) is 0 Å². The molecule has 0 aromatic heterocycles. The largest absolute Gasteiger partial charge is 0.477 e. The molecule has 0 spiro atoms. The average molecular weight is 285 g/mol. The molecule has 0 aliphatic rings. The molecule has 0 radical (unpaired) electrons. The Balaban J connectivity index is 0.000000443. The maximum atomic E-state index is 10.4. The topological polar surface area (TPSA) is 83.5 Å². The van der Waals surface area contributed by atoms with Crippen molar-refractivity contribution in [2.75, 3.05) is 13.6 Å². The lowest BCUT2D eigenvalue weighted by Gasteiger charge is -1.97. The molecule has 0 saturated carbocycles. The number of carboxylic acids is 1. The summed E-state index contributed by atoms with van der Waals surface area (Å²) in [6.45, 7) is 0.762. The minimum atomic E-state index is -2.59. The molecule has 0 saturated heterocycles. The molecule has 0 atom stereocenters. The normalized spacial score (nSPS) is 9.11. The van der Waals surface area contributed by atoms with Crippen molar-refractivity contribution in [2.45, 2.75) is 19.3 Å². The van der Waals surface area contributed by atoms with Crippen molar-refractivity contribution in [3.63, 3.8) is 0 Å². The highest BCUT2D eigenvalue weighted by atomic mass is 32.2. The summed E-state index contributed by atoms with van der Waals surface area (Å²) in [5.74, 6) is -1.35. The van der Waals surface area contributed by atoms with Crippen molar-refractivity contribution in [1.29, 1.82) is 0 Å². The maximum Gasteiger partial charge on any atom is 0.347 e. The van der Waals surface area contributed by atoms with Gasteiger partial charge >= 0.3 is 5.97 Å². The van der Waals surface area contributed by atoms with Gasteiger partial charge in [-0.2, -0.15) is 8.42 Å². The molecule has 2 N–H and O–H groups in total. The van der Waals surface area contributed by atoms with Crippen LogP contribution in [0.25, 0.3) is 0 Å². The van der Waals surface area contributed by atoms with Gasteiger partial charge in [0.1, 0.15) is 0 Å². The summed E-state index contributed by atoms with van der Waals surface area (Å²) in [7, 11) is -0.807. The highest BCUT2D eigenvalue weighted by molar-refractivity contribution is 7.74. The Bertz CT molecular complexity index is 448. The first-order chi connectivity index (χ1) is 9.09. The zero-order valence-electron chi connectivity index (χ0n) is 10.9. The Morgan fingerprint density at radius 3 is 1.84 bits per heavy atom. The third-order valence-electron chi connectivity index (χ3n) is 2.19. The van der Waals surface area contributed by atoms with Gasteiger partial charge < -0.3 is 10.4 Å². The summed E-state index contributed by atoms with van der Waals surface area (Å²) in [6, 6.07) is 12.0. The van der Waals surface area contributed by atoms with Crippen LogP contribution in [-0.4, -0.2) is 38.0 Å². The second-order valence-corrected chi connectivity index (χ2v) is 4.64. The molecule has 0 unspecified atom stereocenters. The lowest BCUT2D eigenvalue weighted by Crippen LogP contribution is -2.15. The van der Waals surface area contributed by atoms with Crippen LogP contribution in [0.4, 0.5) is 0 Å². The molecule has 19 heavy (non-hydrogen) atoms. The van der Waals surface area contributed by atoms with Gasteiger partial charge in [-0.15, -0.1) is 0 Å². The minimum Gasteiger partial charge on any atom is -0.477 e. The molecule has 5 nitrogen and oxygen atoms in total. The molecule has 0 bridgehead atoms. The lowest BCUT2D eigenvalue weighted by molar-refractivity contribution is -0.129. The summed E-state index contributed by atoms with van der Waals surface area (Å²) in [5.41, 5.74) is 0. The summed E-state index contributed by atoms with van der Waals surface area (Å²) in [4.78, 5) is 9.92. The summed E-state index contributed by atoms with van der Waals surface area (Å²) in [6.07, 6.45) is 1.44. The first-order valence-electron chi connectivity index (χ1n) is 5.92. The number of nitrogens with one attached hydrogen (secondary N) is 1. The fourth-order valence-corrected chi connectivity index (χ4v) is 1.69. The van der Waals surface area contributed by atoms with Crippen molar-refractivity contribution in [3.05, 3.63) is 36.4 Å². The number of carbonyl (C=O) groups is 1. The Hall–Kier alpha value is -1.66. The van der Waals surface area contributed by atoms with Crippen molar-refractivity contribution >= 4 is 21.1 Å². The van der Waals surface area contributed by atoms with Crippen LogP contribution in [-0.2, 0) is 15.1 Å². The van der Waals surface area contributed by atoms with Gasteiger partial charge in [-0.05, 0) is 32.9 Å². The van der Waals surface area contributed by atoms with E-state index >= 15 is 0 Å². The van der Waals surface area contributed by atoms with E-state index in [0.29, 0.717) is 6.42 Å². The number of rotatable bonds is 6.